The zero-order valence-corrected chi connectivity index (χ0v) is 22.6. The maximum absolute atomic E-state index is 11.9. The van der Waals surface area contributed by atoms with E-state index < -0.39 is 11.4 Å². The Morgan fingerprint density at radius 2 is 1.68 bits per heavy atom. The highest BCUT2D eigenvalue weighted by molar-refractivity contribution is 5.26. The number of ether oxygens (including phenoxy) is 2. The van der Waals surface area contributed by atoms with Crippen molar-refractivity contribution < 1.29 is 19.7 Å². The Morgan fingerprint density at radius 1 is 0.941 bits per heavy atom. The molecule has 0 aromatic carbocycles. The highest BCUT2D eigenvalue weighted by Crippen LogP contribution is 2.80. The second-order valence-electron chi connectivity index (χ2n) is 15.0. The average molecular weight is 473 g/mol. The maximum atomic E-state index is 11.9. The van der Waals surface area contributed by atoms with Crippen molar-refractivity contribution in [3.63, 3.8) is 0 Å². The zero-order chi connectivity index (χ0) is 24.5. The van der Waals surface area contributed by atoms with E-state index in [1.165, 1.54) is 31.3 Å². The topological polar surface area (TPSA) is 58.9 Å². The van der Waals surface area contributed by atoms with Crippen LogP contribution in [-0.4, -0.2) is 40.4 Å². The molecule has 8 unspecified atom stereocenters. The van der Waals surface area contributed by atoms with Crippen molar-refractivity contribution in [2.75, 3.05) is 6.61 Å². The Morgan fingerprint density at radius 3 is 2.38 bits per heavy atom. The van der Waals surface area contributed by atoms with Crippen molar-refractivity contribution in [2.24, 2.45) is 45.3 Å². The van der Waals surface area contributed by atoms with Gasteiger partial charge < -0.3 is 19.7 Å². The molecule has 0 aromatic heterocycles. The standard InChI is InChI=1S/C30H48O4/c1-18(2)14-19-15-28(7,32)24-20-8-9-22-26(5)12-11-23(31)25(3,4)21(26)10-13-27(22,6)29(20)16-30(24,34-19)33-17-29/h14,19-24,31-32H,8-13,15-17H2,1-7H3/t19?,20?,21?,22?,23-,24?,26-,27+,28?,29?,30?/m0/s1. The van der Waals surface area contributed by atoms with Crippen LogP contribution in [0.1, 0.15) is 99.8 Å². The van der Waals surface area contributed by atoms with Crippen LogP contribution in [0.4, 0.5) is 0 Å². The third-order valence-corrected chi connectivity index (χ3v) is 12.8. The summed E-state index contributed by atoms with van der Waals surface area (Å²) >= 11 is 0. The molecule has 0 radical (unpaired) electrons. The molecule has 2 spiro atoms. The number of aliphatic hydroxyl groups excluding tert-OH is 1. The first-order chi connectivity index (χ1) is 15.7. The van der Waals surface area contributed by atoms with Gasteiger partial charge in [-0.25, -0.2) is 0 Å². The summed E-state index contributed by atoms with van der Waals surface area (Å²) in [7, 11) is 0. The summed E-state index contributed by atoms with van der Waals surface area (Å²) in [5.74, 6) is 1.09. The van der Waals surface area contributed by atoms with Gasteiger partial charge in [0.05, 0.1) is 24.4 Å². The van der Waals surface area contributed by atoms with Crippen molar-refractivity contribution in [1.82, 2.24) is 0 Å². The molecule has 6 rings (SSSR count). The number of hydrogen-bond donors (Lipinski definition) is 2. The summed E-state index contributed by atoms with van der Waals surface area (Å²) in [4.78, 5) is 0. The van der Waals surface area contributed by atoms with E-state index in [4.69, 9.17) is 9.47 Å². The van der Waals surface area contributed by atoms with Gasteiger partial charge in [-0.15, -0.1) is 0 Å². The highest BCUT2D eigenvalue weighted by atomic mass is 16.7. The van der Waals surface area contributed by atoms with Crippen LogP contribution in [0.3, 0.4) is 0 Å². The molecular formula is C30H48O4. The molecule has 4 saturated carbocycles. The summed E-state index contributed by atoms with van der Waals surface area (Å²) < 4.78 is 13.6. The van der Waals surface area contributed by atoms with E-state index in [1.54, 1.807) is 0 Å². The Bertz CT molecular complexity index is 903. The first-order valence-corrected chi connectivity index (χ1v) is 14.1. The Hall–Kier alpha value is -0.420. The molecule has 34 heavy (non-hydrogen) atoms. The van der Waals surface area contributed by atoms with Crippen LogP contribution >= 0.6 is 0 Å². The fourth-order valence-electron chi connectivity index (χ4n) is 11.6. The van der Waals surface area contributed by atoms with Crippen LogP contribution in [0.5, 0.6) is 0 Å². The molecule has 4 nitrogen and oxygen atoms in total. The number of rotatable bonds is 1. The van der Waals surface area contributed by atoms with Crippen LogP contribution in [-0.2, 0) is 9.47 Å². The quantitative estimate of drug-likeness (QED) is 0.470. The van der Waals surface area contributed by atoms with Gasteiger partial charge >= 0.3 is 0 Å². The van der Waals surface area contributed by atoms with E-state index in [0.29, 0.717) is 24.2 Å². The summed E-state index contributed by atoms with van der Waals surface area (Å²) in [6, 6.07) is 0. The van der Waals surface area contributed by atoms with E-state index in [2.05, 4.69) is 54.5 Å². The number of aliphatic hydroxyl groups is 2. The van der Waals surface area contributed by atoms with Crippen molar-refractivity contribution in [2.45, 2.75) is 123 Å². The van der Waals surface area contributed by atoms with Gasteiger partial charge in [0.25, 0.3) is 0 Å². The summed E-state index contributed by atoms with van der Waals surface area (Å²) in [6.07, 6.45) is 10.4. The van der Waals surface area contributed by atoms with E-state index in [1.807, 2.05) is 0 Å². The molecule has 6 aliphatic rings. The molecule has 4 aliphatic carbocycles. The normalized spacial score (nSPS) is 59.4. The van der Waals surface area contributed by atoms with Crippen molar-refractivity contribution >= 4 is 0 Å². The molecule has 6 fully saturated rings. The molecule has 2 saturated heterocycles. The smallest absolute Gasteiger partial charge is 0.175 e. The fourth-order valence-corrected chi connectivity index (χ4v) is 11.6. The Labute approximate surface area is 206 Å². The first-order valence-electron chi connectivity index (χ1n) is 14.1. The van der Waals surface area contributed by atoms with Gasteiger partial charge in [-0.2, -0.15) is 0 Å². The van der Waals surface area contributed by atoms with Crippen LogP contribution in [0, 0.1) is 45.3 Å². The van der Waals surface area contributed by atoms with E-state index >= 15 is 0 Å². The van der Waals surface area contributed by atoms with Crippen LogP contribution < -0.4 is 0 Å². The van der Waals surface area contributed by atoms with E-state index in [9.17, 15) is 10.2 Å². The van der Waals surface area contributed by atoms with Crippen molar-refractivity contribution in [3.8, 4) is 0 Å². The van der Waals surface area contributed by atoms with Gasteiger partial charge in [0.2, 0.25) is 0 Å². The maximum Gasteiger partial charge on any atom is 0.175 e. The predicted octanol–water partition coefficient (Wildman–Crippen LogP) is 5.86. The second kappa shape index (κ2) is 6.91. The molecular weight excluding hydrogens is 424 g/mol. The molecule has 11 atom stereocenters. The molecule has 2 heterocycles. The SMILES string of the molecule is CC(C)=CC1CC(C)(O)C2C3CCC4[C@@]5(C)CC[C@H](O)C(C)(C)C5CC[C@@]4(C)C34COC2(C4)O1. The first kappa shape index (κ1) is 23.9. The molecule has 2 bridgehead atoms. The van der Waals surface area contributed by atoms with Crippen LogP contribution in [0.25, 0.3) is 0 Å². The molecule has 2 aliphatic heterocycles. The van der Waals surface area contributed by atoms with Gasteiger partial charge in [0, 0.05) is 24.2 Å². The molecule has 2 N–H and O–H groups in total. The van der Waals surface area contributed by atoms with Crippen LogP contribution in [0.2, 0.25) is 0 Å². The monoisotopic (exact) mass is 472 g/mol. The van der Waals surface area contributed by atoms with Gasteiger partial charge in [-0.05, 0) is 93.3 Å². The molecule has 192 valence electrons. The third-order valence-electron chi connectivity index (χ3n) is 12.8. The average Bonchev–Trinajstić information content (AvgIpc) is 3.22. The molecule has 0 amide bonds. The second-order valence-corrected chi connectivity index (χ2v) is 15.0. The Kier molecular flexibility index (Phi) is 4.87. The van der Waals surface area contributed by atoms with E-state index in [0.717, 1.165) is 25.9 Å². The number of fused-ring (bicyclic) bond motifs is 4. The Balaban J connectivity index is 1.41. The van der Waals surface area contributed by atoms with Gasteiger partial charge in [-0.3, -0.25) is 0 Å². The van der Waals surface area contributed by atoms with Gasteiger partial charge in [-0.1, -0.05) is 39.3 Å². The minimum absolute atomic E-state index is 0.0236. The predicted molar refractivity (Wildman–Crippen MR) is 133 cm³/mol. The molecule has 0 aromatic rings. The summed E-state index contributed by atoms with van der Waals surface area (Å²) in [5, 5.41) is 22.8. The highest BCUT2D eigenvalue weighted by Gasteiger charge is 2.80. The number of hydrogen-bond acceptors (Lipinski definition) is 4. The summed E-state index contributed by atoms with van der Waals surface area (Å²) in [5.41, 5.74) is 0.962. The summed E-state index contributed by atoms with van der Waals surface area (Å²) in [6.45, 7) is 16.9. The molecule has 4 heteroatoms. The van der Waals surface area contributed by atoms with E-state index in [-0.39, 0.29) is 39.8 Å². The number of allylic oxidation sites excluding steroid dienone is 1. The lowest BCUT2D eigenvalue weighted by atomic mass is 9.35. The lowest BCUT2D eigenvalue weighted by Crippen LogP contribution is -2.67. The van der Waals surface area contributed by atoms with Gasteiger partial charge in [0.15, 0.2) is 5.79 Å². The fraction of sp³-hybridized carbons (Fsp3) is 0.933. The van der Waals surface area contributed by atoms with Crippen molar-refractivity contribution in [3.05, 3.63) is 11.6 Å². The minimum Gasteiger partial charge on any atom is -0.393 e. The largest absolute Gasteiger partial charge is 0.393 e. The van der Waals surface area contributed by atoms with Gasteiger partial charge in [0.1, 0.15) is 0 Å². The van der Waals surface area contributed by atoms with Crippen LogP contribution in [0.15, 0.2) is 11.6 Å². The zero-order valence-electron chi connectivity index (χ0n) is 22.6. The lowest BCUT2D eigenvalue weighted by Gasteiger charge is -2.70. The minimum atomic E-state index is -0.775. The lowest BCUT2D eigenvalue weighted by molar-refractivity contribution is -0.340. The third kappa shape index (κ3) is 2.70. The van der Waals surface area contributed by atoms with Crippen molar-refractivity contribution in [1.29, 1.82) is 0 Å².